The first kappa shape index (κ1) is 17.6. The number of nitrogens with one attached hydrogen (secondary N) is 1. The van der Waals surface area contributed by atoms with Crippen LogP contribution in [0.25, 0.3) is 10.2 Å². The van der Waals surface area contributed by atoms with E-state index in [1.54, 1.807) is 6.92 Å². The first-order valence-corrected chi connectivity index (χ1v) is 8.96. The minimum Gasteiger partial charge on any atom is -0.462 e. The molecular weight excluding hydrogens is 342 g/mol. The normalized spacial score (nSPS) is 17.7. The van der Waals surface area contributed by atoms with Crippen molar-refractivity contribution in [2.45, 2.75) is 26.8 Å². The summed E-state index contributed by atoms with van der Waals surface area (Å²) in [5.41, 5.74) is 6.25. The Kier molecular flexibility index (Phi) is 4.87. The number of nitrogens with two attached hydrogens (primary N) is 1. The van der Waals surface area contributed by atoms with Gasteiger partial charge in [0.15, 0.2) is 0 Å². The molecule has 2 aromatic heterocycles. The van der Waals surface area contributed by atoms with Crippen LogP contribution in [0.5, 0.6) is 0 Å². The zero-order valence-electron chi connectivity index (χ0n) is 14.5. The highest BCUT2D eigenvalue weighted by Crippen LogP contribution is 2.36. The fraction of sp³-hybridized carbons (Fsp3) is 0.500. The van der Waals surface area contributed by atoms with Crippen LogP contribution < -0.4 is 16.0 Å². The third-order valence-electron chi connectivity index (χ3n) is 4.16. The first-order chi connectivity index (χ1) is 11.9. The van der Waals surface area contributed by atoms with Crippen molar-refractivity contribution in [3.05, 3.63) is 16.3 Å². The number of hydrogen-bond acceptors (Lipinski definition) is 8. The summed E-state index contributed by atoms with van der Waals surface area (Å²) in [7, 11) is 0. The van der Waals surface area contributed by atoms with E-state index in [1.807, 2.05) is 18.7 Å². The quantitative estimate of drug-likeness (QED) is 0.771. The van der Waals surface area contributed by atoms with Gasteiger partial charge in [-0.05, 0) is 26.3 Å². The number of esters is 1. The Morgan fingerprint density at radius 2 is 2.16 bits per heavy atom. The van der Waals surface area contributed by atoms with Gasteiger partial charge in [0.05, 0.1) is 12.0 Å². The lowest BCUT2D eigenvalue weighted by Crippen LogP contribution is -2.56. The predicted octanol–water partition coefficient (Wildman–Crippen LogP) is 0.748. The maximum atomic E-state index is 12.2. The number of anilines is 1. The molecule has 1 amide bonds. The van der Waals surface area contributed by atoms with Crippen LogP contribution >= 0.6 is 11.3 Å². The highest BCUT2D eigenvalue weighted by atomic mass is 32.1. The smallest absolute Gasteiger partial charge is 0.348 e. The fourth-order valence-electron chi connectivity index (χ4n) is 2.97. The zero-order valence-corrected chi connectivity index (χ0v) is 15.3. The Morgan fingerprint density at radius 3 is 2.84 bits per heavy atom. The average molecular weight is 363 g/mol. The van der Waals surface area contributed by atoms with Crippen molar-refractivity contribution >= 4 is 39.2 Å². The minimum atomic E-state index is -0.428. The van der Waals surface area contributed by atoms with Gasteiger partial charge in [-0.25, -0.2) is 14.8 Å². The lowest BCUT2D eigenvalue weighted by Gasteiger charge is -2.33. The van der Waals surface area contributed by atoms with Crippen LogP contribution in [0.15, 0.2) is 0 Å². The molecule has 25 heavy (non-hydrogen) atoms. The van der Waals surface area contributed by atoms with Crippen molar-refractivity contribution in [1.82, 2.24) is 15.3 Å². The number of amides is 1. The molecule has 1 saturated heterocycles. The van der Waals surface area contributed by atoms with Crippen molar-refractivity contribution in [2.75, 3.05) is 31.1 Å². The molecule has 9 heteroatoms. The summed E-state index contributed by atoms with van der Waals surface area (Å²) in [5, 5.41) is 3.94. The third kappa shape index (κ3) is 3.29. The Hall–Kier alpha value is -2.26. The molecule has 0 unspecified atom stereocenters. The molecular formula is C16H21N5O3S. The van der Waals surface area contributed by atoms with E-state index in [4.69, 9.17) is 10.5 Å². The van der Waals surface area contributed by atoms with Crippen LogP contribution in [0.4, 0.5) is 5.82 Å². The molecule has 0 bridgehead atoms. The summed E-state index contributed by atoms with van der Waals surface area (Å²) in [5.74, 6) is 0.621. The number of rotatable bonds is 4. The molecule has 0 aliphatic carbocycles. The minimum absolute atomic E-state index is 0.322. The number of aromatic nitrogens is 2. The van der Waals surface area contributed by atoms with Gasteiger partial charge in [-0.1, -0.05) is 0 Å². The van der Waals surface area contributed by atoms with Crippen molar-refractivity contribution in [3.8, 4) is 0 Å². The number of primary amides is 1. The van der Waals surface area contributed by atoms with E-state index in [1.165, 1.54) is 11.3 Å². The topological polar surface area (TPSA) is 110 Å². The van der Waals surface area contributed by atoms with Gasteiger partial charge in [0.2, 0.25) is 5.91 Å². The van der Waals surface area contributed by atoms with Crippen LogP contribution in [-0.2, 0) is 9.53 Å². The van der Waals surface area contributed by atoms with Gasteiger partial charge in [-0.15, -0.1) is 11.3 Å². The van der Waals surface area contributed by atoms with Gasteiger partial charge >= 0.3 is 5.97 Å². The summed E-state index contributed by atoms with van der Waals surface area (Å²) in [6, 6.07) is -0.428. The zero-order chi connectivity index (χ0) is 18.1. The Bertz CT molecular complexity index is 835. The lowest BCUT2D eigenvalue weighted by atomic mass is 10.1. The molecule has 0 spiro atoms. The van der Waals surface area contributed by atoms with Gasteiger partial charge < -0.3 is 20.7 Å². The molecule has 3 rings (SSSR count). The molecule has 2 aromatic rings. The summed E-state index contributed by atoms with van der Waals surface area (Å²) >= 11 is 1.31. The number of nitrogens with zero attached hydrogens (tertiary/aromatic N) is 3. The summed E-state index contributed by atoms with van der Waals surface area (Å²) in [6.07, 6.45) is 0. The summed E-state index contributed by atoms with van der Waals surface area (Å²) in [6.45, 7) is 7.55. The molecule has 0 aromatic carbocycles. The number of piperazine rings is 1. The van der Waals surface area contributed by atoms with E-state index in [2.05, 4.69) is 15.3 Å². The number of carbonyl (C=O) groups excluding carboxylic acids is 2. The molecule has 8 nitrogen and oxygen atoms in total. The summed E-state index contributed by atoms with van der Waals surface area (Å²) < 4.78 is 5.14. The number of hydrogen-bond donors (Lipinski definition) is 2. The number of carbonyl (C=O) groups is 2. The molecule has 3 N–H and O–H groups in total. The molecule has 0 radical (unpaired) electrons. The molecule has 1 aliphatic heterocycles. The SMILES string of the molecule is CCOC(=O)c1sc2nc(C)nc(N3CCN[C@@H](C(N)=O)C3)c2c1C. The van der Waals surface area contributed by atoms with Gasteiger partial charge in [0.1, 0.15) is 27.4 Å². The van der Waals surface area contributed by atoms with Crippen LogP contribution in [0.2, 0.25) is 0 Å². The van der Waals surface area contributed by atoms with E-state index < -0.39 is 6.04 Å². The van der Waals surface area contributed by atoms with Crippen molar-refractivity contribution in [2.24, 2.45) is 5.73 Å². The number of ether oxygens (including phenoxy) is 1. The largest absolute Gasteiger partial charge is 0.462 e. The predicted molar refractivity (Wildman–Crippen MR) is 96.0 cm³/mol. The van der Waals surface area contributed by atoms with Gasteiger partial charge in [-0.3, -0.25) is 4.79 Å². The van der Waals surface area contributed by atoms with E-state index in [-0.39, 0.29) is 11.9 Å². The number of fused-ring (bicyclic) bond motifs is 1. The lowest BCUT2D eigenvalue weighted by molar-refractivity contribution is -0.120. The molecule has 0 saturated carbocycles. The standard InChI is InChI=1S/C16H21N5O3S/c1-4-24-16(23)12-8(2)11-14(19-9(3)20-15(11)25-12)21-6-5-18-10(7-21)13(17)22/h10,18H,4-7H2,1-3H3,(H2,17,22)/t10-/m1/s1. The first-order valence-electron chi connectivity index (χ1n) is 8.14. The van der Waals surface area contributed by atoms with Crippen LogP contribution in [0.3, 0.4) is 0 Å². The molecule has 1 fully saturated rings. The monoisotopic (exact) mass is 363 g/mol. The highest BCUT2D eigenvalue weighted by Gasteiger charge is 2.28. The Balaban J connectivity index is 2.08. The average Bonchev–Trinajstić information content (AvgIpc) is 2.91. The van der Waals surface area contributed by atoms with E-state index >= 15 is 0 Å². The molecule has 3 heterocycles. The second kappa shape index (κ2) is 6.93. The maximum Gasteiger partial charge on any atom is 0.348 e. The van der Waals surface area contributed by atoms with Gasteiger partial charge in [0.25, 0.3) is 0 Å². The Labute approximate surface area is 149 Å². The molecule has 134 valence electrons. The second-order valence-corrected chi connectivity index (χ2v) is 6.91. The second-order valence-electron chi connectivity index (χ2n) is 5.91. The molecule has 1 atom stereocenters. The van der Waals surface area contributed by atoms with Gasteiger partial charge in [-0.2, -0.15) is 0 Å². The fourth-order valence-corrected chi connectivity index (χ4v) is 4.09. The van der Waals surface area contributed by atoms with Crippen LogP contribution in [-0.4, -0.2) is 54.1 Å². The molecule has 1 aliphatic rings. The van der Waals surface area contributed by atoms with E-state index in [0.29, 0.717) is 36.9 Å². The number of aryl methyl sites for hydroxylation is 2. The number of thiophene rings is 1. The van der Waals surface area contributed by atoms with Gasteiger partial charge in [0, 0.05) is 19.6 Å². The Morgan fingerprint density at radius 1 is 1.40 bits per heavy atom. The van der Waals surface area contributed by atoms with E-state index in [9.17, 15) is 9.59 Å². The van der Waals surface area contributed by atoms with Crippen LogP contribution in [0.1, 0.15) is 28.0 Å². The van der Waals surface area contributed by atoms with Crippen molar-refractivity contribution in [3.63, 3.8) is 0 Å². The highest BCUT2D eigenvalue weighted by molar-refractivity contribution is 7.20. The third-order valence-corrected chi connectivity index (χ3v) is 5.33. The van der Waals surface area contributed by atoms with E-state index in [0.717, 1.165) is 21.6 Å². The summed E-state index contributed by atoms with van der Waals surface area (Å²) in [4.78, 5) is 36.1. The van der Waals surface area contributed by atoms with Crippen molar-refractivity contribution < 1.29 is 14.3 Å². The maximum absolute atomic E-state index is 12.2. The van der Waals surface area contributed by atoms with Crippen LogP contribution in [0, 0.1) is 13.8 Å². The van der Waals surface area contributed by atoms with Crippen molar-refractivity contribution in [1.29, 1.82) is 0 Å².